The van der Waals surface area contributed by atoms with Gasteiger partial charge in [-0.05, 0) is 12.8 Å². The van der Waals surface area contributed by atoms with E-state index in [1.54, 1.807) is 0 Å². The zero-order chi connectivity index (χ0) is 23.7. The number of nitrogens with zero attached hydrogens (tertiary/aromatic N) is 2. The van der Waals surface area contributed by atoms with Gasteiger partial charge in [0, 0.05) is 25.9 Å². The van der Waals surface area contributed by atoms with Gasteiger partial charge in [-0.25, -0.2) is 0 Å². The van der Waals surface area contributed by atoms with Crippen molar-refractivity contribution in [2.75, 3.05) is 26.3 Å². The maximum Gasteiger partial charge on any atom is 0.306 e. The van der Waals surface area contributed by atoms with E-state index in [9.17, 15) is 19.2 Å². The molecule has 8 nitrogen and oxygen atoms in total. The van der Waals surface area contributed by atoms with Gasteiger partial charge >= 0.3 is 11.9 Å². The second kappa shape index (κ2) is 12.9. The SMILES string of the molecule is C=CCOC(=O)CCCN1C(=O)C(=C2SC(=S)N(CCCC(=O)OCC=C)C2=O)SC1=S. The van der Waals surface area contributed by atoms with Crippen molar-refractivity contribution in [3.05, 3.63) is 35.1 Å². The predicted octanol–water partition coefficient (Wildman–Crippen LogP) is 2.94. The minimum absolute atomic E-state index is 0.136. The molecule has 0 unspecified atom stereocenters. The summed E-state index contributed by atoms with van der Waals surface area (Å²) in [5, 5.41) is 0. The highest BCUT2D eigenvalue weighted by Gasteiger charge is 2.41. The number of hydrogen-bond donors (Lipinski definition) is 0. The molecule has 2 rings (SSSR count). The van der Waals surface area contributed by atoms with E-state index in [1.165, 1.54) is 22.0 Å². The van der Waals surface area contributed by atoms with E-state index in [-0.39, 0.29) is 72.7 Å². The van der Waals surface area contributed by atoms with Crippen molar-refractivity contribution in [3.8, 4) is 0 Å². The summed E-state index contributed by atoms with van der Waals surface area (Å²) in [6.07, 6.45) is 3.97. The Morgan fingerprint density at radius 2 is 1.19 bits per heavy atom. The molecular formula is C20H22N2O6S4. The molecule has 0 N–H and O–H groups in total. The molecule has 2 fully saturated rings. The number of carbonyl (C=O) groups is 4. The van der Waals surface area contributed by atoms with Crippen LogP contribution >= 0.6 is 48.0 Å². The first kappa shape index (κ1) is 26.2. The van der Waals surface area contributed by atoms with Gasteiger partial charge in [-0.15, -0.1) is 0 Å². The Morgan fingerprint density at radius 3 is 1.53 bits per heavy atom. The van der Waals surface area contributed by atoms with E-state index >= 15 is 0 Å². The maximum atomic E-state index is 12.8. The third-order valence-electron chi connectivity index (χ3n) is 4.15. The predicted molar refractivity (Wildman–Crippen MR) is 132 cm³/mol. The first-order valence-corrected chi connectivity index (χ1v) is 12.1. The fraction of sp³-hybridized carbons (Fsp3) is 0.400. The van der Waals surface area contributed by atoms with Crippen molar-refractivity contribution in [2.24, 2.45) is 0 Å². The molecule has 0 saturated carbocycles. The normalized spacial score (nSPS) is 18.4. The van der Waals surface area contributed by atoms with Crippen molar-refractivity contribution < 1.29 is 28.7 Å². The van der Waals surface area contributed by atoms with Crippen LogP contribution in [0.25, 0.3) is 0 Å². The number of carbonyl (C=O) groups excluding carboxylic acids is 4. The smallest absolute Gasteiger partial charge is 0.306 e. The van der Waals surface area contributed by atoms with E-state index in [0.717, 1.165) is 23.5 Å². The Balaban J connectivity index is 1.94. The third kappa shape index (κ3) is 6.99. The molecule has 0 spiro atoms. The summed E-state index contributed by atoms with van der Waals surface area (Å²) in [5.74, 6) is -1.53. The molecule has 2 saturated heterocycles. The molecule has 0 aromatic rings. The van der Waals surface area contributed by atoms with Crippen LogP contribution in [-0.2, 0) is 28.7 Å². The van der Waals surface area contributed by atoms with E-state index in [2.05, 4.69) is 13.2 Å². The zero-order valence-electron chi connectivity index (χ0n) is 17.2. The van der Waals surface area contributed by atoms with Crippen LogP contribution in [0.1, 0.15) is 25.7 Å². The van der Waals surface area contributed by atoms with Gasteiger partial charge in [-0.3, -0.25) is 29.0 Å². The highest BCUT2D eigenvalue weighted by molar-refractivity contribution is 8.29. The number of thioether (sulfide) groups is 2. The average molecular weight is 515 g/mol. The van der Waals surface area contributed by atoms with Crippen LogP contribution in [0, 0.1) is 0 Å². The van der Waals surface area contributed by atoms with Gasteiger partial charge in [0.1, 0.15) is 21.9 Å². The van der Waals surface area contributed by atoms with Crippen LogP contribution in [0.15, 0.2) is 35.1 Å². The highest BCUT2D eigenvalue weighted by atomic mass is 32.2. The molecular weight excluding hydrogens is 492 g/mol. The lowest BCUT2D eigenvalue weighted by molar-refractivity contribution is -0.143. The fourth-order valence-corrected chi connectivity index (χ4v) is 5.44. The van der Waals surface area contributed by atoms with Crippen molar-refractivity contribution in [1.82, 2.24) is 9.80 Å². The lowest BCUT2D eigenvalue weighted by atomic mass is 10.3. The van der Waals surface area contributed by atoms with Crippen molar-refractivity contribution in [1.29, 1.82) is 0 Å². The van der Waals surface area contributed by atoms with Gasteiger partial charge in [0.25, 0.3) is 11.8 Å². The summed E-state index contributed by atoms with van der Waals surface area (Å²) in [6.45, 7) is 7.70. The molecule has 12 heteroatoms. The Bertz CT molecular complexity index is 815. The van der Waals surface area contributed by atoms with Crippen LogP contribution in [0.3, 0.4) is 0 Å². The van der Waals surface area contributed by atoms with Crippen molar-refractivity contribution >= 4 is 80.4 Å². The number of rotatable bonds is 12. The number of amides is 2. The maximum absolute atomic E-state index is 12.8. The largest absolute Gasteiger partial charge is 0.461 e. The second-order valence-corrected chi connectivity index (χ2v) is 9.75. The summed E-state index contributed by atoms with van der Waals surface area (Å²) in [5.41, 5.74) is 0. The Hall–Kier alpha value is -2.02. The third-order valence-corrected chi connectivity index (χ3v) is 7.18. The summed E-state index contributed by atoms with van der Waals surface area (Å²) in [6, 6.07) is 0. The van der Waals surface area contributed by atoms with Crippen LogP contribution in [0.4, 0.5) is 0 Å². The quantitative estimate of drug-likeness (QED) is 0.167. The minimum Gasteiger partial charge on any atom is -0.461 e. The molecule has 32 heavy (non-hydrogen) atoms. The Labute approximate surface area is 205 Å². The van der Waals surface area contributed by atoms with Crippen molar-refractivity contribution in [3.63, 3.8) is 0 Å². The van der Waals surface area contributed by atoms with Gasteiger partial charge in [0.15, 0.2) is 0 Å². The summed E-state index contributed by atoms with van der Waals surface area (Å²) in [4.78, 5) is 52.1. The lowest BCUT2D eigenvalue weighted by Crippen LogP contribution is -2.31. The highest BCUT2D eigenvalue weighted by Crippen LogP contribution is 2.42. The molecule has 0 atom stereocenters. The molecule has 0 aromatic carbocycles. The van der Waals surface area contributed by atoms with E-state index in [0.29, 0.717) is 21.5 Å². The Kier molecular flexibility index (Phi) is 10.6. The van der Waals surface area contributed by atoms with Crippen LogP contribution in [0.2, 0.25) is 0 Å². The molecule has 0 aromatic heterocycles. The van der Waals surface area contributed by atoms with Crippen molar-refractivity contribution in [2.45, 2.75) is 25.7 Å². The first-order chi connectivity index (χ1) is 15.3. The van der Waals surface area contributed by atoms with Gasteiger partial charge in [-0.2, -0.15) is 0 Å². The standard InChI is InChI=1S/C20H22N2O6S4/c1-3-11-27-13(23)7-5-9-21-17(25)15(31-19(21)29)16-18(26)22(20(30)32-16)10-6-8-14(24)28-12-4-2/h3-4H,1-2,5-12H2. The molecule has 0 aliphatic carbocycles. The monoisotopic (exact) mass is 514 g/mol. The topological polar surface area (TPSA) is 93.2 Å². The van der Waals surface area contributed by atoms with E-state index < -0.39 is 0 Å². The fourth-order valence-electron chi connectivity index (χ4n) is 2.67. The average Bonchev–Trinajstić information content (AvgIpc) is 3.20. The summed E-state index contributed by atoms with van der Waals surface area (Å²) in [7, 11) is 0. The van der Waals surface area contributed by atoms with Gasteiger partial charge in [0.05, 0.1) is 9.81 Å². The minimum atomic E-state index is -0.385. The van der Waals surface area contributed by atoms with Gasteiger partial charge < -0.3 is 9.47 Å². The molecule has 2 aliphatic rings. The number of hydrogen-bond acceptors (Lipinski definition) is 10. The van der Waals surface area contributed by atoms with Gasteiger partial charge in [-0.1, -0.05) is 73.3 Å². The van der Waals surface area contributed by atoms with Crippen LogP contribution in [0.5, 0.6) is 0 Å². The number of esters is 2. The summed E-state index contributed by atoms with van der Waals surface area (Å²) >= 11 is 12.7. The number of ether oxygens (including phenoxy) is 2. The summed E-state index contributed by atoms with van der Waals surface area (Å²) < 4.78 is 10.5. The molecule has 2 aliphatic heterocycles. The number of thiocarbonyl (C=S) groups is 2. The molecule has 0 radical (unpaired) electrons. The molecule has 0 bridgehead atoms. The van der Waals surface area contributed by atoms with Crippen LogP contribution in [-0.4, -0.2) is 68.5 Å². The second-order valence-electron chi connectivity index (χ2n) is 6.46. The molecule has 2 amide bonds. The lowest BCUT2D eigenvalue weighted by Gasteiger charge is -2.14. The zero-order valence-corrected chi connectivity index (χ0v) is 20.5. The van der Waals surface area contributed by atoms with Crippen LogP contribution < -0.4 is 0 Å². The first-order valence-electron chi connectivity index (χ1n) is 9.64. The molecule has 172 valence electrons. The molecule has 2 heterocycles. The van der Waals surface area contributed by atoms with Gasteiger partial charge in [0.2, 0.25) is 0 Å². The Morgan fingerprint density at radius 1 is 0.812 bits per heavy atom. The van der Waals surface area contributed by atoms with E-state index in [4.69, 9.17) is 33.9 Å². The van der Waals surface area contributed by atoms with E-state index in [1.807, 2.05) is 0 Å².